The molecule has 0 bridgehead atoms. The number of para-hydroxylation sites is 1. The molecule has 0 fully saturated rings. The van der Waals surface area contributed by atoms with Crippen molar-refractivity contribution in [2.24, 2.45) is 5.73 Å². The molecule has 1 atom stereocenters. The number of hydrogen-bond acceptors (Lipinski definition) is 3. The molecule has 1 aromatic carbocycles. The van der Waals surface area contributed by atoms with Crippen LogP contribution in [-0.2, 0) is 0 Å². The van der Waals surface area contributed by atoms with E-state index in [-0.39, 0.29) is 6.04 Å². The van der Waals surface area contributed by atoms with E-state index in [2.05, 4.69) is 0 Å². The Morgan fingerprint density at radius 1 is 1.35 bits per heavy atom. The first-order chi connectivity index (χ1) is 8.24. The van der Waals surface area contributed by atoms with Crippen LogP contribution in [0.25, 0.3) is 0 Å². The maximum absolute atomic E-state index is 6.24. The zero-order valence-corrected chi connectivity index (χ0v) is 11.1. The minimum atomic E-state index is -0.231. The molecule has 17 heavy (non-hydrogen) atoms. The first-order valence-corrected chi connectivity index (χ1v) is 6.70. The molecule has 1 heterocycles. The number of hydrogen-bond donors (Lipinski definition) is 1. The molecule has 2 N–H and O–H groups in total. The van der Waals surface area contributed by atoms with Crippen molar-refractivity contribution >= 4 is 22.9 Å². The molecule has 0 aliphatic rings. The molecule has 2 nitrogen and oxygen atoms in total. The van der Waals surface area contributed by atoms with Crippen LogP contribution in [-0.4, -0.2) is 6.61 Å². The van der Waals surface area contributed by atoms with Crippen molar-refractivity contribution in [3.8, 4) is 5.75 Å². The zero-order chi connectivity index (χ0) is 12.3. The van der Waals surface area contributed by atoms with E-state index >= 15 is 0 Å². The average molecular weight is 268 g/mol. The van der Waals surface area contributed by atoms with Gasteiger partial charge in [-0.1, -0.05) is 29.8 Å². The fourth-order valence-corrected chi connectivity index (χ4v) is 2.89. The van der Waals surface area contributed by atoms with E-state index in [9.17, 15) is 0 Å². The fourth-order valence-electron chi connectivity index (χ4n) is 1.69. The van der Waals surface area contributed by atoms with E-state index in [0.29, 0.717) is 11.6 Å². The molecule has 0 saturated carbocycles. The van der Waals surface area contributed by atoms with E-state index in [0.717, 1.165) is 16.2 Å². The molecular weight excluding hydrogens is 254 g/mol. The smallest absolute Gasteiger partial charge is 0.124 e. The Bertz CT molecular complexity index is 498. The summed E-state index contributed by atoms with van der Waals surface area (Å²) in [5.41, 5.74) is 7.21. The summed E-state index contributed by atoms with van der Waals surface area (Å²) >= 11 is 7.67. The van der Waals surface area contributed by atoms with Crippen molar-refractivity contribution in [2.75, 3.05) is 6.61 Å². The molecule has 0 spiro atoms. The molecule has 0 aliphatic carbocycles. The zero-order valence-electron chi connectivity index (χ0n) is 9.52. The van der Waals surface area contributed by atoms with Crippen molar-refractivity contribution < 1.29 is 4.74 Å². The molecule has 1 unspecified atom stereocenters. The summed E-state index contributed by atoms with van der Waals surface area (Å²) in [6.07, 6.45) is 0. The highest BCUT2D eigenvalue weighted by Gasteiger charge is 2.17. The Balaban J connectivity index is 2.37. The summed E-state index contributed by atoms with van der Waals surface area (Å²) in [5.74, 6) is 0.826. The van der Waals surface area contributed by atoms with Gasteiger partial charge in [0.05, 0.1) is 17.7 Å². The van der Waals surface area contributed by atoms with Gasteiger partial charge in [-0.15, -0.1) is 11.3 Å². The van der Waals surface area contributed by atoms with Gasteiger partial charge in [-0.2, -0.15) is 0 Å². The van der Waals surface area contributed by atoms with Crippen LogP contribution in [0, 0.1) is 0 Å². The molecule has 0 aliphatic heterocycles. The molecule has 2 rings (SSSR count). The van der Waals surface area contributed by atoms with E-state index in [1.165, 1.54) is 0 Å². The fraction of sp³-hybridized carbons (Fsp3) is 0.231. The van der Waals surface area contributed by atoms with Crippen LogP contribution in [0.15, 0.2) is 35.7 Å². The molecule has 90 valence electrons. The molecule has 0 radical (unpaired) electrons. The Kier molecular flexibility index (Phi) is 4.05. The maximum Gasteiger partial charge on any atom is 0.124 e. The molecular formula is C13H14ClNOS. The number of nitrogens with two attached hydrogens (primary N) is 1. The summed E-state index contributed by atoms with van der Waals surface area (Å²) in [6, 6.07) is 9.44. The third-order valence-electron chi connectivity index (χ3n) is 2.48. The van der Waals surface area contributed by atoms with Gasteiger partial charge in [0.15, 0.2) is 0 Å². The van der Waals surface area contributed by atoms with E-state index in [4.69, 9.17) is 22.1 Å². The Morgan fingerprint density at radius 2 is 2.12 bits per heavy atom. The van der Waals surface area contributed by atoms with E-state index in [1.54, 1.807) is 11.3 Å². The highest BCUT2D eigenvalue weighted by atomic mass is 35.5. The second kappa shape index (κ2) is 5.54. The van der Waals surface area contributed by atoms with Crippen LogP contribution >= 0.6 is 22.9 Å². The van der Waals surface area contributed by atoms with Crippen molar-refractivity contribution in [1.82, 2.24) is 0 Å². The lowest BCUT2D eigenvalue weighted by molar-refractivity contribution is 0.335. The molecule has 0 saturated heterocycles. The van der Waals surface area contributed by atoms with Gasteiger partial charge in [0.2, 0.25) is 0 Å². The van der Waals surface area contributed by atoms with Gasteiger partial charge in [-0.05, 0) is 24.4 Å². The van der Waals surface area contributed by atoms with Crippen molar-refractivity contribution in [3.05, 3.63) is 51.2 Å². The van der Waals surface area contributed by atoms with Crippen LogP contribution in [0.3, 0.4) is 0 Å². The number of thiophene rings is 1. The number of halogens is 1. The largest absolute Gasteiger partial charge is 0.494 e. The normalized spacial score (nSPS) is 12.4. The average Bonchev–Trinajstić information content (AvgIpc) is 2.76. The number of benzene rings is 1. The third-order valence-corrected chi connectivity index (χ3v) is 3.92. The van der Waals surface area contributed by atoms with Gasteiger partial charge >= 0.3 is 0 Å². The predicted octanol–water partition coefficient (Wildman–Crippen LogP) is 3.85. The van der Waals surface area contributed by atoms with Gasteiger partial charge in [0.1, 0.15) is 5.75 Å². The second-order valence-corrected chi connectivity index (χ2v) is 4.94. The first kappa shape index (κ1) is 12.4. The molecule has 0 amide bonds. The van der Waals surface area contributed by atoms with Gasteiger partial charge in [-0.3, -0.25) is 0 Å². The van der Waals surface area contributed by atoms with Gasteiger partial charge in [0, 0.05) is 10.4 Å². The summed E-state index contributed by atoms with van der Waals surface area (Å²) in [4.78, 5) is 0.971. The summed E-state index contributed by atoms with van der Waals surface area (Å²) in [6.45, 7) is 2.59. The van der Waals surface area contributed by atoms with E-state index in [1.807, 2.05) is 42.6 Å². The predicted molar refractivity (Wildman–Crippen MR) is 73.0 cm³/mol. The summed E-state index contributed by atoms with van der Waals surface area (Å²) in [7, 11) is 0. The van der Waals surface area contributed by atoms with Crippen molar-refractivity contribution in [3.63, 3.8) is 0 Å². The molecule has 2 aromatic rings. The quantitative estimate of drug-likeness (QED) is 0.913. The van der Waals surface area contributed by atoms with Gasteiger partial charge in [0.25, 0.3) is 0 Å². The molecule has 1 aromatic heterocycles. The Morgan fingerprint density at radius 3 is 2.76 bits per heavy atom. The van der Waals surface area contributed by atoms with Crippen molar-refractivity contribution in [1.29, 1.82) is 0 Å². The summed E-state index contributed by atoms with van der Waals surface area (Å²) in [5, 5.41) is 2.66. The monoisotopic (exact) mass is 267 g/mol. The van der Waals surface area contributed by atoms with Gasteiger partial charge in [-0.25, -0.2) is 0 Å². The van der Waals surface area contributed by atoms with Crippen LogP contribution in [0.4, 0.5) is 0 Å². The lowest BCUT2D eigenvalue weighted by Crippen LogP contribution is -2.12. The SMILES string of the molecule is CCOc1ccccc1C(N)c1sccc1Cl. The molecule has 4 heteroatoms. The Hall–Kier alpha value is -1.03. The standard InChI is InChI=1S/C13H14ClNOS/c1-2-16-11-6-4-3-5-9(11)12(15)13-10(14)7-8-17-13/h3-8,12H,2,15H2,1H3. The highest BCUT2D eigenvalue weighted by molar-refractivity contribution is 7.10. The maximum atomic E-state index is 6.24. The third kappa shape index (κ3) is 2.63. The van der Waals surface area contributed by atoms with Crippen LogP contribution in [0.1, 0.15) is 23.4 Å². The Labute approximate surface area is 110 Å². The topological polar surface area (TPSA) is 35.2 Å². The minimum Gasteiger partial charge on any atom is -0.494 e. The lowest BCUT2D eigenvalue weighted by Gasteiger charge is -2.15. The van der Waals surface area contributed by atoms with Crippen molar-refractivity contribution in [2.45, 2.75) is 13.0 Å². The second-order valence-electron chi connectivity index (χ2n) is 3.58. The summed E-state index contributed by atoms with van der Waals surface area (Å²) < 4.78 is 5.58. The van der Waals surface area contributed by atoms with Crippen LogP contribution in [0.2, 0.25) is 5.02 Å². The highest BCUT2D eigenvalue weighted by Crippen LogP contribution is 2.35. The number of rotatable bonds is 4. The minimum absolute atomic E-state index is 0.231. The van der Waals surface area contributed by atoms with Gasteiger partial charge < -0.3 is 10.5 Å². The first-order valence-electron chi connectivity index (χ1n) is 5.44. The van der Waals surface area contributed by atoms with Crippen LogP contribution < -0.4 is 10.5 Å². The van der Waals surface area contributed by atoms with Crippen LogP contribution in [0.5, 0.6) is 5.75 Å². The number of ether oxygens (including phenoxy) is 1. The van der Waals surface area contributed by atoms with E-state index < -0.39 is 0 Å². The lowest BCUT2D eigenvalue weighted by atomic mass is 10.1.